The minimum absolute atomic E-state index is 0.0109. The normalized spacial score (nSPS) is 9.94. The highest BCUT2D eigenvalue weighted by Gasteiger charge is 2.26. The Kier molecular flexibility index (Phi) is 8.89. The molecule has 0 atom stereocenters. The second-order valence-electron chi connectivity index (χ2n) is 7.04. The average molecular weight is 445 g/mol. The number of carbonyl (C=O) groups is 1. The summed E-state index contributed by atoms with van der Waals surface area (Å²) in [5.41, 5.74) is 5.04. The van der Waals surface area contributed by atoms with Crippen LogP contribution in [0.5, 0.6) is 5.88 Å². The molecule has 0 N–H and O–H groups in total. The van der Waals surface area contributed by atoms with Crippen LogP contribution in [0.1, 0.15) is 59.9 Å². The van der Waals surface area contributed by atoms with Crippen molar-refractivity contribution < 1.29 is 14.3 Å². The van der Waals surface area contributed by atoms with Crippen LogP contribution in [0.3, 0.4) is 0 Å². The Hall–Kier alpha value is -3.97. The maximum Gasteiger partial charge on any atom is 0.340 e. The second kappa shape index (κ2) is 11.6. The lowest BCUT2D eigenvalue weighted by atomic mass is 9.90. The van der Waals surface area contributed by atoms with E-state index in [0.29, 0.717) is 45.8 Å². The van der Waals surface area contributed by atoms with Crippen LogP contribution in [0.25, 0.3) is 22.0 Å². The zero-order valence-electron chi connectivity index (χ0n) is 19.9. The molecule has 170 valence electrons. The van der Waals surface area contributed by atoms with Gasteiger partial charge in [0, 0.05) is 11.8 Å². The van der Waals surface area contributed by atoms with Crippen LogP contribution < -0.4 is 4.74 Å². The zero-order valence-corrected chi connectivity index (χ0v) is 19.9. The molecule has 3 rings (SSSR count). The lowest BCUT2D eigenvalue weighted by Gasteiger charge is -2.19. The Morgan fingerprint density at radius 3 is 2.45 bits per heavy atom. The van der Waals surface area contributed by atoms with E-state index in [4.69, 9.17) is 14.7 Å². The molecule has 2 aromatic heterocycles. The lowest BCUT2D eigenvalue weighted by Crippen LogP contribution is -2.13. The van der Waals surface area contributed by atoms with Gasteiger partial charge in [-0.3, -0.25) is 4.98 Å². The highest BCUT2D eigenvalue weighted by Crippen LogP contribution is 2.40. The molecule has 0 bridgehead atoms. The van der Waals surface area contributed by atoms with Crippen LogP contribution in [0.15, 0.2) is 24.4 Å². The van der Waals surface area contributed by atoms with E-state index in [-0.39, 0.29) is 13.0 Å². The first-order valence-corrected chi connectivity index (χ1v) is 10.9. The third-order valence-corrected chi connectivity index (χ3v) is 4.90. The third kappa shape index (κ3) is 5.27. The molecule has 2 heterocycles. The molecule has 3 aromatic rings. The number of fused-ring (bicyclic) bond motifs is 1. The number of aryl methyl sites for hydroxylation is 3. The van der Waals surface area contributed by atoms with Crippen molar-refractivity contribution in [3.63, 3.8) is 0 Å². The molecule has 0 aliphatic heterocycles. The van der Waals surface area contributed by atoms with E-state index in [9.17, 15) is 10.1 Å². The molecular formula is C26H28N4O3. The minimum atomic E-state index is -0.565. The van der Waals surface area contributed by atoms with Gasteiger partial charge in [0.05, 0.1) is 52.9 Å². The number of ether oxygens (including phenoxy) is 2. The molecule has 0 aliphatic rings. The predicted molar refractivity (Wildman–Crippen MR) is 127 cm³/mol. The van der Waals surface area contributed by atoms with Crippen molar-refractivity contribution in [3.8, 4) is 29.1 Å². The highest BCUT2D eigenvalue weighted by atomic mass is 16.5. The van der Waals surface area contributed by atoms with Gasteiger partial charge in [0.2, 0.25) is 5.88 Å². The molecule has 0 unspecified atom stereocenters. The number of hydrogen-bond acceptors (Lipinski definition) is 7. The number of nitrogens with zero attached hydrogens (tertiary/aromatic N) is 4. The van der Waals surface area contributed by atoms with Gasteiger partial charge < -0.3 is 9.47 Å². The van der Waals surface area contributed by atoms with E-state index in [1.807, 2.05) is 46.8 Å². The third-order valence-electron chi connectivity index (χ3n) is 4.90. The van der Waals surface area contributed by atoms with Crippen molar-refractivity contribution in [2.24, 2.45) is 0 Å². The molecule has 1 aromatic carbocycles. The summed E-state index contributed by atoms with van der Waals surface area (Å²) >= 11 is 0. The molecule has 7 heteroatoms. The van der Waals surface area contributed by atoms with E-state index in [0.717, 1.165) is 16.7 Å². The highest BCUT2D eigenvalue weighted by molar-refractivity contribution is 6.10. The fourth-order valence-electron chi connectivity index (χ4n) is 3.52. The molecular weight excluding hydrogens is 416 g/mol. The molecule has 33 heavy (non-hydrogen) atoms. The summed E-state index contributed by atoms with van der Waals surface area (Å²) in [6.45, 7) is 11.8. The topological polar surface area (TPSA) is 109 Å². The van der Waals surface area contributed by atoms with Crippen molar-refractivity contribution in [1.29, 1.82) is 10.5 Å². The Morgan fingerprint density at radius 2 is 1.85 bits per heavy atom. The molecule has 0 amide bonds. The fourth-order valence-corrected chi connectivity index (χ4v) is 3.52. The van der Waals surface area contributed by atoms with Gasteiger partial charge >= 0.3 is 5.97 Å². The maximum atomic E-state index is 13.1. The summed E-state index contributed by atoms with van der Waals surface area (Å²) in [5.74, 6) is -0.190. The van der Waals surface area contributed by atoms with Crippen molar-refractivity contribution in [3.05, 3.63) is 52.3 Å². The van der Waals surface area contributed by atoms with Crippen molar-refractivity contribution >= 4 is 16.9 Å². The molecule has 0 spiro atoms. The van der Waals surface area contributed by atoms with Gasteiger partial charge in [-0.25, -0.2) is 9.78 Å². The molecule has 0 fully saturated rings. The summed E-state index contributed by atoms with van der Waals surface area (Å²) in [4.78, 5) is 22.2. The standard InChI is InChI=1S/C24H22N4O3.C2H6/c1-5-30-23-21-20(18-8-7-17(12-26)11-14(18)2)19(24(29)31-10-6-9-25)16(4)28-22(21)15(3)13-27-23;1-2/h7-8,11,13H,5-6,10H2,1-4H3;1-2H3. The molecule has 0 saturated carbocycles. The van der Waals surface area contributed by atoms with E-state index >= 15 is 0 Å². The first-order valence-electron chi connectivity index (χ1n) is 10.9. The summed E-state index contributed by atoms with van der Waals surface area (Å²) in [6, 6.07) is 9.39. The van der Waals surface area contributed by atoms with Crippen molar-refractivity contribution in [2.45, 2.75) is 48.0 Å². The Labute approximate surface area is 194 Å². The van der Waals surface area contributed by atoms with Crippen LogP contribution in [0, 0.1) is 43.4 Å². The Balaban J connectivity index is 0.00000187. The van der Waals surface area contributed by atoms with Crippen molar-refractivity contribution in [2.75, 3.05) is 13.2 Å². The smallest absolute Gasteiger partial charge is 0.340 e. The largest absolute Gasteiger partial charge is 0.477 e. The number of hydrogen-bond donors (Lipinski definition) is 0. The monoisotopic (exact) mass is 444 g/mol. The van der Waals surface area contributed by atoms with E-state index in [2.05, 4.69) is 16.0 Å². The van der Waals surface area contributed by atoms with Crippen LogP contribution in [0.2, 0.25) is 0 Å². The first kappa shape index (κ1) is 25.3. The summed E-state index contributed by atoms with van der Waals surface area (Å²) in [6.07, 6.45) is 1.79. The van der Waals surface area contributed by atoms with Gasteiger partial charge in [-0.2, -0.15) is 10.5 Å². The minimum Gasteiger partial charge on any atom is -0.477 e. The predicted octanol–water partition coefficient (Wildman–Crippen LogP) is 5.59. The van der Waals surface area contributed by atoms with Crippen LogP contribution in [-0.2, 0) is 4.74 Å². The number of aromatic nitrogens is 2. The maximum absolute atomic E-state index is 13.1. The molecule has 0 saturated heterocycles. The van der Waals surface area contributed by atoms with E-state index in [1.54, 1.807) is 25.3 Å². The Morgan fingerprint density at radius 1 is 1.12 bits per heavy atom. The quantitative estimate of drug-likeness (QED) is 0.360. The summed E-state index contributed by atoms with van der Waals surface area (Å²) in [5, 5.41) is 18.7. The van der Waals surface area contributed by atoms with Gasteiger partial charge in [0.1, 0.15) is 6.61 Å². The average Bonchev–Trinajstić information content (AvgIpc) is 2.81. The molecule has 0 radical (unpaired) electrons. The first-order chi connectivity index (χ1) is 15.9. The van der Waals surface area contributed by atoms with Gasteiger partial charge in [-0.05, 0) is 56.5 Å². The second-order valence-corrected chi connectivity index (χ2v) is 7.04. The van der Waals surface area contributed by atoms with Crippen molar-refractivity contribution in [1.82, 2.24) is 9.97 Å². The Bertz CT molecular complexity index is 1250. The van der Waals surface area contributed by atoms with E-state index < -0.39 is 5.97 Å². The SMILES string of the molecule is CC.CCOc1ncc(C)c2nc(C)c(C(=O)OCCC#N)c(-c3ccc(C#N)cc3C)c12. The van der Waals surface area contributed by atoms with Gasteiger partial charge in [0.25, 0.3) is 0 Å². The van der Waals surface area contributed by atoms with Crippen LogP contribution in [-0.4, -0.2) is 29.2 Å². The van der Waals surface area contributed by atoms with Crippen LogP contribution in [0.4, 0.5) is 0 Å². The number of esters is 1. The van der Waals surface area contributed by atoms with Gasteiger partial charge in [0.15, 0.2) is 0 Å². The zero-order chi connectivity index (χ0) is 24.5. The lowest BCUT2D eigenvalue weighted by molar-refractivity contribution is 0.0513. The molecule has 7 nitrogen and oxygen atoms in total. The fraction of sp³-hybridized carbons (Fsp3) is 0.346. The van der Waals surface area contributed by atoms with Gasteiger partial charge in [-0.15, -0.1) is 0 Å². The van der Waals surface area contributed by atoms with Crippen LogP contribution >= 0.6 is 0 Å². The number of nitriles is 2. The summed E-state index contributed by atoms with van der Waals surface area (Å²) < 4.78 is 11.2. The summed E-state index contributed by atoms with van der Waals surface area (Å²) in [7, 11) is 0. The number of benzene rings is 1. The van der Waals surface area contributed by atoms with Gasteiger partial charge in [-0.1, -0.05) is 19.9 Å². The number of rotatable bonds is 6. The number of carbonyl (C=O) groups excluding carboxylic acids is 1. The number of pyridine rings is 2. The molecule has 0 aliphatic carbocycles. The van der Waals surface area contributed by atoms with E-state index in [1.165, 1.54) is 0 Å².